The van der Waals surface area contributed by atoms with Crippen LogP contribution >= 0.6 is 0 Å². The van der Waals surface area contributed by atoms with Crippen molar-refractivity contribution in [1.29, 1.82) is 5.26 Å². The molecule has 0 bridgehead atoms. The number of carbonyl (C=O) groups is 1. The van der Waals surface area contributed by atoms with Gasteiger partial charge in [0, 0.05) is 12.5 Å². The number of nitrogens with zero attached hydrogens (tertiary/aromatic N) is 7. The molecule has 1 aromatic carbocycles. The number of aryl methyl sites for hydroxylation is 1. The van der Waals surface area contributed by atoms with Crippen LogP contribution in [0.15, 0.2) is 30.3 Å². The second kappa shape index (κ2) is 11.5. The second-order valence-electron chi connectivity index (χ2n) is 8.60. The number of nitrogens with one attached hydrogen (secondary N) is 1. The van der Waals surface area contributed by atoms with E-state index in [1.54, 1.807) is 23.9 Å². The van der Waals surface area contributed by atoms with Crippen LogP contribution in [-0.2, 0) is 13.1 Å². The van der Waals surface area contributed by atoms with Crippen LogP contribution in [0.3, 0.4) is 0 Å². The lowest BCUT2D eigenvalue weighted by molar-refractivity contribution is 0.0945. The van der Waals surface area contributed by atoms with Gasteiger partial charge in [-0.1, -0.05) is 12.1 Å². The van der Waals surface area contributed by atoms with E-state index in [4.69, 9.17) is 15.1 Å². The molecule has 35 heavy (non-hydrogen) atoms. The fourth-order valence-corrected chi connectivity index (χ4v) is 4.11. The minimum atomic E-state index is -0.347. The van der Waals surface area contributed by atoms with Crippen molar-refractivity contribution in [1.82, 2.24) is 35.5 Å². The number of aromatic nitrogens is 6. The van der Waals surface area contributed by atoms with Crippen molar-refractivity contribution < 1.29 is 14.6 Å². The first kappa shape index (κ1) is 24.2. The van der Waals surface area contributed by atoms with Crippen LogP contribution in [0.25, 0.3) is 11.5 Å². The first-order valence-electron chi connectivity index (χ1n) is 11.7. The smallest absolute Gasteiger partial charge is 0.270 e. The van der Waals surface area contributed by atoms with E-state index in [2.05, 4.69) is 36.8 Å². The van der Waals surface area contributed by atoms with E-state index >= 15 is 0 Å². The summed E-state index contributed by atoms with van der Waals surface area (Å²) in [6.07, 6.45) is 3.77. The molecule has 2 aromatic heterocycles. The highest BCUT2D eigenvalue weighted by atomic mass is 16.5. The predicted octanol–water partition coefficient (Wildman–Crippen LogP) is 2.07. The maximum absolute atomic E-state index is 12.8. The van der Waals surface area contributed by atoms with E-state index in [1.165, 1.54) is 0 Å². The summed E-state index contributed by atoms with van der Waals surface area (Å²) in [5.74, 6) is 1.62. The molecule has 4 rings (SSSR count). The number of nitriles is 1. The Balaban J connectivity index is 1.39. The van der Waals surface area contributed by atoms with Crippen LogP contribution in [0.2, 0.25) is 0 Å². The Labute approximate surface area is 203 Å². The molecule has 2 heterocycles. The molecule has 0 radical (unpaired) electrons. The Morgan fingerprint density at radius 1 is 1.26 bits per heavy atom. The third-order valence-electron chi connectivity index (χ3n) is 5.91. The number of aliphatic hydroxyl groups excluding tert-OH is 1. The van der Waals surface area contributed by atoms with Gasteiger partial charge in [-0.15, -0.1) is 10.2 Å². The van der Waals surface area contributed by atoms with Gasteiger partial charge in [-0.2, -0.15) is 10.1 Å². The number of tetrazole rings is 1. The molecule has 1 aliphatic carbocycles. The Kier molecular flexibility index (Phi) is 7.95. The highest BCUT2D eigenvalue weighted by Crippen LogP contribution is 2.29. The third kappa shape index (κ3) is 6.58. The number of amides is 1. The summed E-state index contributed by atoms with van der Waals surface area (Å²) < 4.78 is 5.41. The van der Waals surface area contributed by atoms with E-state index in [0.29, 0.717) is 35.6 Å². The van der Waals surface area contributed by atoms with E-state index in [-0.39, 0.29) is 37.3 Å². The summed E-state index contributed by atoms with van der Waals surface area (Å²) in [5.41, 5.74) is 1.50. The molecule has 1 aliphatic rings. The van der Waals surface area contributed by atoms with Gasteiger partial charge in [0.25, 0.3) is 5.91 Å². The second-order valence-corrected chi connectivity index (χ2v) is 8.60. The van der Waals surface area contributed by atoms with Gasteiger partial charge < -0.3 is 15.2 Å². The third-order valence-corrected chi connectivity index (χ3v) is 5.91. The molecule has 0 aliphatic heterocycles. The van der Waals surface area contributed by atoms with Crippen molar-refractivity contribution in [3.8, 4) is 23.3 Å². The lowest BCUT2D eigenvalue weighted by Crippen LogP contribution is -2.24. The van der Waals surface area contributed by atoms with Crippen molar-refractivity contribution in [2.75, 3.05) is 13.2 Å². The number of benzene rings is 1. The first-order valence-corrected chi connectivity index (χ1v) is 11.7. The monoisotopic (exact) mass is 476 g/mol. The quantitative estimate of drug-likeness (QED) is 0.473. The summed E-state index contributed by atoms with van der Waals surface area (Å²) in [6, 6.07) is 11.2. The first-order chi connectivity index (χ1) is 17.0. The van der Waals surface area contributed by atoms with Gasteiger partial charge in [-0.05, 0) is 67.5 Å². The number of aliphatic hydroxyl groups is 1. The summed E-state index contributed by atoms with van der Waals surface area (Å²) in [4.78, 5) is 23.0. The van der Waals surface area contributed by atoms with Crippen LogP contribution in [0.1, 0.15) is 47.6 Å². The van der Waals surface area contributed by atoms with Crippen LogP contribution < -0.4 is 10.1 Å². The molecule has 0 saturated heterocycles. The van der Waals surface area contributed by atoms with Gasteiger partial charge in [-0.25, -0.2) is 9.97 Å². The fourth-order valence-electron chi connectivity index (χ4n) is 4.11. The summed E-state index contributed by atoms with van der Waals surface area (Å²) >= 11 is 0. The zero-order valence-electron chi connectivity index (χ0n) is 19.6. The van der Waals surface area contributed by atoms with Gasteiger partial charge in [0.15, 0.2) is 0 Å². The zero-order valence-corrected chi connectivity index (χ0v) is 19.6. The van der Waals surface area contributed by atoms with E-state index in [9.17, 15) is 4.79 Å². The number of rotatable bonds is 9. The van der Waals surface area contributed by atoms with Gasteiger partial charge in [0.05, 0.1) is 19.2 Å². The van der Waals surface area contributed by atoms with Crippen molar-refractivity contribution in [2.24, 2.45) is 11.8 Å². The molecule has 2 N–H and O–H groups in total. The van der Waals surface area contributed by atoms with E-state index < -0.39 is 0 Å². The highest BCUT2D eigenvalue weighted by molar-refractivity contribution is 5.93. The molecular weight excluding hydrogens is 448 g/mol. The molecule has 3 aromatic rings. The SMILES string of the molecule is Cc1nc(C(=O)NCc2cccc(OCCO)c2)cc(-c2nnn(C[C@H]3CC[C@H](C#N)CC3)n2)n1. The average molecular weight is 477 g/mol. The van der Waals surface area contributed by atoms with Crippen LogP contribution in [0.4, 0.5) is 0 Å². The predicted molar refractivity (Wildman–Crippen MR) is 125 cm³/mol. The number of carbonyl (C=O) groups excluding carboxylic acids is 1. The maximum atomic E-state index is 12.8. The topological polar surface area (TPSA) is 152 Å². The normalized spacial score (nSPS) is 17.5. The molecule has 0 atom stereocenters. The fraction of sp³-hybridized carbons (Fsp3) is 0.458. The zero-order chi connectivity index (χ0) is 24.6. The number of hydrogen-bond acceptors (Lipinski definition) is 9. The standard InChI is InChI=1S/C24H28N8O3/c1-16-27-21(23-29-31-32(30-23)15-18-7-5-17(13-25)6-8-18)12-22(28-16)24(34)26-14-19-3-2-4-20(11-19)35-10-9-33/h2-4,11-12,17-18,33H,5-10,14-15H2,1H3,(H,26,34)/t17-,18-. The molecule has 182 valence electrons. The molecule has 1 saturated carbocycles. The van der Waals surface area contributed by atoms with Crippen LogP contribution in [-0.4, -0.2) is 54.4 Å². The minimum Gasteiger partial charge on any atom is -0.491 e. The molecule has 11 heteroatoms. The van der Waals surface area contributed by atoms with Crippen molar-refractivity contribution in [2.45, 2.75) is 45.7 Å². The van der Waals surface area contributed by atoms with Crippen molar-refractivity contribution >= 4 is 5.91 Å². The van der Waals surface area contributed by atoms with Crippen molar-refractivity contribution in [3.05, 3.63) is 47.4 Å². The Morgan fingerprint density at radius 2 is 2.09 bits per heavy atom. The lowest BCUT2D eigenvalue weighted by atomic mass is 9.83. The Bertz CT molecular complexity index is 1200. The molecule has 0 unspecified atom stereocenters. The highest BCUT2D eigenvalue weighted by Gasteiger charge is 2.22. The van der Waals surface area contributed by atoms with E-state index in [1.807, 2.05) is 18.2 Å². The number of hydrogen-bond donors (Lipinski definition) is 2. The van der Waals surface area contributed by atoms with Gasteiger partial charge in [-0.3, -0.25) is 4.79 Å². The summed E-state index contributed by atoms with van der Waals surface area (Å²) in [5, 5.41) is 33.6. The largest absolute Gasteiger partial charge is 0.491 e. The van der Waals surface area contributed by atoms with Crippen LogP contribution in [0.5, 0.6) is 5.75 Å². The van der Waals surface area contributed by atoms with Crippen molar-refractivity contribution in [3.63, 3.8) is 0 Å². The minimum absolute atomic E-state index is 0.0671. The van der Waals surface area contributed by atoms with Gasteiger partial charge in [0.1, 0.15) is 29.6 Å². The molecule has 0 spiro atoms. The average Bonchev–Trinajstić information content (AvgIpc) is 3.35. The lowest BCUT2D eigenvalue weighted by Gasteiger charge is -2.23. The molecule has 1 amide bonds. The Morgan fingerprint density at radius 3 is 2.86 bits per heavy atom. The molecular formula is C24H28N8O3. The maximum Gasteiger partial charge on any atom is 0.270 e. The van der Waals surface area contributed by atoms with Crippen LogP contribution in [0, 0.1) is 30.1 Å². The molecule has 11 nitrogen and oxygen atoms in total. The Hall–Kier alpha value is -3.91. The van der Waals surface area contributed by atoms with Gasteiger partial charge >= 0.3 is 0 Å². The summed E-state index contributed by atoms with van der Waals surface area (Å²) in [6.45, 7) is 2.78. The molecule has 1 fully saturated rings. The van der Waals surface area contributed by atoms with E-state index in [0.717, 1.165) is 31.2 Å². The summed E-state index contributed by atoms with van der Waals surface area (Å²) in [7, 11) is 0. The van der Waals surface area contributed by atoms with Gasteiger partial charge in [0.2, 0.25) is 5.82 Å². The number of ether oxygens (including phenoxy) is 1.